The molecule has 2 aromatic heterocycles. The van der Waals surface area contributed by atoms with Gasteiger partial charge in [0.25, 0.3) is 0 Å². The van der Waals surface area contributed by atoms with E-state index in [9.17, 15) is 0 Å². The van der Waals surface area contributed by atoms with Crippen molar-refractivity contribution in [2.24, 2.45) is 5.92 Å². The van der Waals surface area contributed by atoms with E-state index >= 15 is 0 Å². The lowest BCUT2D eigenvalue weighted by Crippen LogP contribution is -2.36. The van der Waals surface area contributed by atoms with E-state index in [4.69, 9.17) is 9.72 Å². The number of nitrogens with zero attached hydrogens (tertiary/aromatic N) is 5. The Morgan fingerprint density at radius 3 is 2.52 bits per heavy atom. The van der Waals surface area contributed by atoms with Gasteiger partial charge in [-0.05, 0) is 45.4 Å². The van der Waals surface area contributed by atoms with Gasteiger partial charge in [-0.2, -0.15) is 0 Å². The molecule has 0 unspecified atom stereocenters. The van der Waals surface area contributed by atoms with E-state index in [1.165, 1.54) is 12.8 Å². The summed E-state index contributed by atoms with van der Waals surface area (Å²) in [5.74, 6) is 3.98. The van der Waals surface area contributed by atoms with E-state index < -0.39 is 0 Å². The smallest absolute Gasteiger partial charge is 0.216 e. The average Bonchev–Trinajstić information content (AvgIpc) is 3.45. The third kappa shape index (κ3) is 4.06. The Labute approximate surface area is 148 Å². The molecule has 0 atom stereocenters. The minimum Gasteiger partial charge on any atom is -0.477 e. The molecule has 6 heteroatoms. The summed E-state index contributed by atoms with van der Waals surface area (Å²) >= 11 is 0. The lowest BCUT2D eigenvalue weighted by molar-refractivity contribution is 0.215. The molecule has 1 aliphatic heterocycles. The van der Waals surface area contributed by atoms with Crippen LogP contribution in [0.25, 0.3) is 0 Å². The van der Waals surface area contributed by atoms with E-state index in [0.717, 1.165) is 55.6 Å². The van der Waals surface area contributed by atoms with E-state index in [-0.39, 0.29) is 0 Å². The van der Waals surface area contributed by atoms with Crippen LogP contribution in [-0.2, 0) is 0 Å². The minimum absolute atomic E-state index is 0.567. The van der Waals surface area contributed by atoms with Gasteiger partial charge in [0.1, 0.15) is 18.0 Å². The SMILES string of the molecule is Cc1cc(OCC2CCN(c3cc(C)nc(C4CC4)n3)CC2)ncn1. The number of aromatic nitrogens is 4. The Kier molecular flexibility index (Phi) is 4.51. The summed E-state index contributed by atoms with van der Waals surface area (Å²) in [7, 11) is 0. The second kappa shape index (κ2) is 6.94. The van der Waals surface area contributed by atoms with Gasteiger partial charge in [0.05, 0.1) is 6.61 Å². The molecule has 1 saturated carbocycles. The summed E-state index contributed by atoms with van der Waals surface area (Å²) in [4.78, 5) is 20.1. The molecule has 0 spiro atoms. The van der Waals surface area contributed by atoms with Crippen molar-refractivity contribution in [3.63, 3.8) is 0 Å². The van der Waals surface area contributed by atoms with E-state index in [2.05, 4.69) is 32.8 Å². The summed E-state index contributed by atoms with van der Waals surface area (Å²) in [6, 6.07) is 4.00. The van der Waals surface area contributed by atoms with E-state index in [1.807, 2.05) is 13.0 Å². The molecule has 0 amide bonds. The van der Waals surface area contributed by atoms with Crippen LogP contribution in [-0.4, -0.2) is 39.6 Å². The summed E-state index contributed by atoms with van der Waals surface area (Å²) in [5, 5.41) is 0. The normalized spacial score (nSPS) is 18.4. The molecule has 0 aromatic carbocycles. The molecule has 2 aromatic rings. The first kappa shape index (κ1) is 16.2. The van der Waals surface area contributed by atoms with Gasteiger partial charge in [-0.15, -0.1) is 0 Å². The fourth-order valence-corrected chi connectivity index (χ4v) is 3.30. The summed E-state index contributed by atoms with van der Waals surface area (Å²) in [6.45, 7) is 6.79. The van der Waals surface area contributed by atoms with Crippen molar-refractivity contribution in [2.75, 3.05) is 24.6 Å². The van der Waals surface area contributed by atoms with Crippen molar-refractivity contribution in [2.45, 2.75) is 45.4 Å². The highest BCUT2D eigenvalue weighted by Gasteiger charge is 2.28. The highest BCUT2D eigenvalue weighted by Crippen LogP contribution is 2.38. The van der Waals surface area contributed by atoms with Crippen molar-refractivity contribution in [3.8, 4) is 5.88 Å². The van der Waals surface area contributed by atoms with Crippen molar-refractivity contribution in [1.82, 2.24) is 19.9 Å². The van der Waals surface area contributed by atoms with Gasteiger partial charge in [0.15, 0.2) is 0 Å². The number of piperidine rings is 1. The van der Waals surface area contributed by atoms with Gasteiger partial charge in [0, 0.05) is 42.5 Å². The molecule has 2 fully saturated rings. The van der Waals surface area contributed by atoms with Crippen molar-refractivity contribution in [3.05, 3.63) is 35.7 Å². The minimum atomic E-state index is 0.567. The first-order valence-electron chi connectivity index (χ1n) is 9.19. The lowest BCUT2D eigenvalue weighted by Gasteiger charge is -2.32. The highest BCUT2D eigenvalue weighted by atomic mass is 16.5. The Morgan fingerprint density at radius 2 is 1.80 bits per heavy atom. The quantitative estimate of drug-likeness (QED) is 0.834. The predicted molar refractivity (Wildman–Crippen MR) is 95.9 cm³/mol. The fourth-order valence-electron chi connectivity index (χ4n) is 3.30. The molecule has 3 heterocycles. The Balaban J connectivity index is 1.32. The van der Waals surface area contributed by atoms with Crippen LogP contribution >= 0.6 is 0 Å². The Hall–Kier alpha value is -2.24. The second-order valence-corrected chi connectivity index (χ2v) is 7.24. The van der Waals surface area contributed by atoms with Gasteiger partial charge in [-0.3, -0.25) is 0 Å². The van der Waals surface area contributed by atoms with Crippen LogP contribution in [0.15, 0.2) is 18.5 Å². The van der Waals surface area contributed by atoms with Crippen LogP contribution in [0.1, 0.15) is 48.8 Å². The summed E-state index contributed by atoms with van der Waals surface area (Å²) < 4.78 is 5.85. The third-order valence-corrected chi connectivity index (χ3v) is 4.98. The molecule has 0 N–H and O–H groups in total. The molecular weight excluding hydrogens is 314 g/mol. The monoisotopic (exact) mass is 339 g/mol. The van der Waals surface area contributed by atoms with Crippen molar-refractivity contribution in [1.29, 1.82) is 0 Å². The van der Waals surface area contributed by atoms with Crippen LogP contribution in [0.4, 0.5) is 5.82 Å². The molecule has 25 heavy (non-hydrogen) atoms. The van der Waals surface area contributed by atoms with Gasteiger partial charge < -0.3 is 9.64 Å². The standard InChI is InChI=1S/C19H25N5O/c1-13-10-18(21-12-20-13)25-11-15-5-7-24(8-6-15)17-9-14(2)22-19(23-17)16-3-4-16/h9-10,12,15-16H,3-8,11H2,1-2H3. The maximum Gasteiger partial charge on any atom is 0.216 e. The predicted octanol–water partition coefficient (Wildman–Crippen LogP) is 3.06. The second-order valence-electron chi connectivity index (χ2n) is 7.24. The van der Waals surface area contributed by atoms with Crippen LogP contribution < -0.4 is 9.64 Å². The Morgan fingerprint density at radius 1 is 1.00 bits per heavy atom. The lowest BCUT2D eigenvalue weighted by atomic mass is 9.98. The molecule has 6 nitrogen and oxygen atoms in total. The van der Waals surface area contributed by atoms with E-state index in [0.29, 0.717) is 17.7 Å². The maximum atomic E-state index is 5.85. The summed E-state index contributed by atoms with van der Waals surface area (Å²) in [5.41, 5.74) is 2.02. The zero-order chi connectivity index (χ0) is 17.2. The average molecular weight is 339 g/mol. The molecule has 0 bridgehead atoms. The number of hydrogen-bond donors (Lipinski definition) is 0. The van der Waals surface area contributed by atoms with E-state index in [1.54, 1.807) is 6.33 Å². The van der Waals surface area contributed by atoms with Crippen molar-refractivity contribution < 1.29 is 4.74 Å². The van der Waals surface area contributed by atoms with Gasteiger partial charge in [-0.25, -0.2) is 19.9 Å². The number of rotatable bonds is 5. The highest BCUT2D eigenvalue weighted by molar-refractivity contribution is 5.41. The fraction of sp³-hybridized carbons (Fsp3) is 0.579. The van der Waals surface area contributed by atoms with Crippen LogP contribution in [0, 0.1) is 19.8 Å². The maximum absolute atomic E-state index is 5.85. The van der Waals surface area contributed by atoms with Gasteiger partial charge in [-0.1, -0.05) is 0 Å². The topological polar surface area (TPSA) is 64.0 Å². The number of anilines is 1. The third-order valence-electron chi connectivity index (χ3n) is 4.98. The van der Waals surface area contributed by atoms with Crippen LogP contribution in [0.5, 0.6) is 5.88 Å². The Bertz CT molecular complexity index is 738. The molecule has 1 saturated heterocycles. The first-order valence-corrected chi connectivity index (χ1v) is 9.19. The number of hydrogen-bond acceptors (Lipinski definition) is 6. The zero-order valence-corrected chi connectivity index (χ0v) is 15.0. The number of aryl methyl sites for hydroxylation is 2. The van der Waals surface area contributed by atoms with Crippen molar-refractivity contribution >= 4 is 5.82 Å². The van der Waals surface area contributed by atoms with Gasteiger partial charge in [0.2, 0.25) is 5.88 Å². The van der Waals surface area contributed by atoms with Crippen LogP contribution in [0.3, 0.4) is 0 Å². The van der Waals surface area contributed by atoms with Gasteiger partial charge >= 0.3 is 0 Å². The molecule has 0 radical (unpaired) electrons. The first-order chi connectivity index (χ1) is 12.2. The number of ether oxygens (including phenoxy) is 1. The van der Waals surface area contributed by atoms with Crippen LogP contribution in [0.2, 0.25) is 0 Å². The molecule has 4 rings (SSSR count). The molecular formula is C19H25N5O. The molecule has 1 aliphatic carbocycles. The molecule has 132 valence electrons. The summed E-state index contributed by atoms with van der Waals surface area (Å²) in [6.07, 6.45) is 6.27. The largest absolute Gasteiger partial charge is 0.477 e. The zero-order valence-electron chi connectivity index (χ0n) is 15.0. The molecule has 2 aliphatic rings.